The average Bonchev–Trinajstić information content (AvgIpc) is 4.00. The van der Waals surface area contributed by atoms with E-state index in [1.807, 2.05) is 91.0 Å². The van der Waals surface area contributed by atoms with E-state index in [1.165, 1.54) is 0 Å². The normalized spacial score (nSPS) is 13.1. The summed E-state index contributed by atoms with van der Waals surface area (Å²) in [5.41, 5.74) is 22.1. The molecule has 6 nitrogen and oxygen atoms in total. The number of carbonyl (C=O) groups is 1. The summed E-state index contributed by atoms with van der Waals surface area (Å²) in [6.07, 6.45) is 4.19. The van der Waals surface area contributed by atoms with Crippen LogP contribution >= 0.6 is 0 Å². The standard InChI is InChI=1S/C45H29N5O/c46-42-41-43-40(29-18-10-11-19-30(29)45(41)51)36-25-23-34(49-36)38(27-14-6-2-7-15-27)32-21-20-31(47-32)37(26-12-4-1-5-13-26)33-22-24-35(48-33)39(44(42)50-43)28-16-8-3-9-17-28/h1-25,48-49H,46H2. The van der Waals surface area contributed by atoms with Crippen molar-refractivity contribution in [2.75, 3.05) is 0 Å². The molecular weight excluding hydrogens is 627 g/mol. The number of nitrogens with zero attached hydrogens (tertiary/aromatic N) is 2. The minimum Gasteiger partial charge on any atom is -0.396 e. The van der Waals surface area contributed by atoms with Crippen molar-refractivity contribution in [3.05, 3.63) is 168 Å². The van der Waals surface area contributed by atoms with Gasteiger partial charge in [-0.25, -0.2) is 9.97 Å². The van der Waals surface area contributed by atoms with E-state index in [-0.39, 0.29) is 5.78 Å². The van der Waals surface area contributed by atoms with E-state index in [1.54, 1.807) is 0 Å². The first-order valence-corrected chi connectivity index (χ1v) is 16.9. The predicted molar refractivity (Wildman–Crippen MR) is 207 cm³/mol. The van der Waals surface area contributed by atoms with Gasteiger partial charge in [-0.3, -0.25) is 4.79 Å². The Bertz CT molecular complexity index is 2810. The molecule has 3 aliphatic rings. The maximum atomic E-state index is 14.3. The lowest BCUT2D eigenvalue weighted by Gasteiger charge is -2.18. The summed E-state index contributed by atoms with van der Waals surface area (Å²) < 4.78 is 0. The van der Waals surface area contributed by atoms with Crippen molar-refractivity contribution in [2.24, 2.45) is 5.73 Å². The van der Waals surface area contributed by atoms with Gasteiger partial charge in [-0.05, 0) is 58.7 Å². The first-order valence-electron chi connectivity index (χ1n) is 16.9. The van der Waals surface area contributed by atoms with Crippen LogP contribution in [0.4, 0.5) is 0 Å². The number of nitrogens with two attached hydrogens (primary N) is 1. The fourth-order valence-electron chi connectivity index (χ4n) is 7.64. The zero-order valence-corrected chi connectivity index (χ0v) is 27.3. The third kappa shape index (κ3) is 4.47. The predicted octanol–water partition coefficient (Wildman–Crippen LogP) is 10.2. The number of rotatable bonds is 3. The monoisotopic (exact) mass is 655 g/mol. The van der Waals surface area contributed by atoms with Crippen molar-refractivity contribution in [2.45, 2.75) is 0 Å². The molecule has 6 heteroatoms. The number of allylic oxidation sites excluding steroid dienone is 1. The van der Waals surface area contributed by atoms with Gasteiger partial charge in [0.2, 0.25) is 0 Å². The first kappa shape index (κ1) is 28.9. The van der Waals surface area contributed by atoms with Crippen molar-refractivity contribution in [3.8, 4) is 44.5 Å². The number of hydrogen-bond acceptors (Lipinski definition) is 4. The molecule has 7 aromatic rings. The van der Waals surface area contributed by atoms with E-state index in [0.717, 1.165) is 78.0 Å². The number of benzene rings is 4. The van der Waals surface area contributed by atoms with Crippen LogP contribution in [0.5, 0.6) is 0 Å². The Kier molecular flexibility index (Phi) is 6.38. The van der Waals surface area contributed by atoms with Gasteiger partial charge in [-0.1, -0.05) is 115 Å². The number of H-pyrrole nitrogens is 2. The molecule has 0 unspecified atom stereocenters. The zero-order valence-electron chi connectivity index (χ0n) is 27.3. The molecule has 3 aromatic heterocycles. The van der Waals surface area contributed by atoms with Crippen molar-refractivity contribution >= 4 is 51.3 Å². The second-order valence-electron chi connectivity index (χ2n) is 12.9. The maximum Gasteiger partial charge on any atom is 0.198 e. The molecule has 8 bridgehead atoms. The van der Waals surface area contributed by atoms with Gasteiger partial charge in [-0.15, -0.1) is 0 Å². The highest BCUT2D eigenvalue weighted by Gasteiger charge is 2.36. The molecule has 0 radical (unpaired) electrons. The smallest absolute Gasteiger partial charge is 0.198 e. The fourth-order valence-corrected chi connectivity index (χ4v) is 7.64. The number of fused-ring (bicyclic) bond motifs is 10. The Morgan fingerprint density at radius 2 is 0.863 bits per heavy atom. The van der Waals surface area contributed by atoms with Crippen LogP contribution in [-0.2, 0) is 0 Å². The molecule has 1 aliphatic carbocycles. The highest BCUT2D eigenvalue weighted by Crippen LogP contribution is 2.46. The summed E-state index contributed by atoms with van der Waals surface area (Å²) in [6.45, 7) is 0. The lowest BCUT2D eigenvalue weighted by Crippen LogP contribution is -2.13. The van der Waals surface area contributed by atoms with Gasteiger partial charge in [0.25, 0.3) is 0 Å². The van der Waals surface area contributed by atoms with Crippen LogP contribution < -0.4 is 5.73 Å². The van der Waals surface area contributed by atoms with Crippen LogP contribution in [0.3, 0.4) is 0 Å². The zero-order chi connectivity index (χ0) is 34.1. The average molecular weight is 656 g/mol. The number of aromatic amines is 2. The molecular formula is C45H29N5O. The summed E-state index contributed by atoms with van der Waals surface area (Å²) in [7, 11) is 0. The molecule has 4 N–H and O–H groups in total. The third-order valence-corrected chi connectivity index (χ3v) is 9.92. The molecule has 240 valence electrons. The SMILES string of the molecule is NC1=C2C(=O)c3ccccc3-c3c2nc1c(-c1ccccc1)c1ccc([nH]1)c(-c1ccccc1)c1nc(c(-c2ccccc2)c2ccc3[nH]2)C=C1. The second-order valence-corrected chi connectivity index (χ2v) is 12.9. The van der Waals surface area contributed by atoms with Crippen LogP contribution in [0.2, 0.25) is 0 Å². The molecule has 5 heterocycles. The Morgan fingerprint density at radius 1 is 0.431 bits per heavy atom. The molecule has 51 heavy (non-hydrogen) atoms. The highest BCUT2D eigenvalue weighted by molar-refractivity contribution is 6.40. The first-order chi connectivity index (χ1) is 25.1. The number of ketones is 1. The van der Waals surface area contributed by atoms with E-state index in [0.29, 0.717) is 28.2 Å². The van der Waals surface area contributed by atoms with Gasteiger partial charge in [0, 0.05) is 49.9 Å². The number of aromatic nitrogens is 4. The number of nitrogens with one attached hydrogen (secondary N) is 2. The van der Waals surface area contributed by atoms with Gasteiger partial charge in [-0.2, -0.15) is 0 Å². The van der Waals surface area contributed by atoms with Crippen molar-refractivity contribution in [3.63, 3.8) is 0 Å². The van der Waals surface area contributed by atoms with E-state index in [2.05, 4.69) is 70.7 Å². The van der Waals surface area contributed by atoms with Crippen molar-refractivity contribution < 1.29 is 4.79 Å². The summed E-state index contributed by atoms with van der Waals surface area (Å²) in [5, 5.41) is 0. The Morgan fingerprint density at radius 3 is 1.39 bits per heavy atom. The van der Waals surface area contributed by atoms with E-state index in [9.17, 15) is 4.79 Å². The molecule has 4 aromatic carbocycles. The minimum absolute atomic E-state index is 0.130. The van der Waals surface area contributed by atoms with E-state index in [4.69, 9.17) is 15.7 Å². The number of Topliss-reactive ketones (excluding diaryl/α,β-unsaturated/α-hetero) is 1. The summed E-state index contributed by atoms with van der Waals surface area (Å²) in [5.74, 6) is -0.130. The lowest BCUT2D eigenvalue weighted by molar-refractivity contribution is 0.105. The molecule has 0 saturated heterocycles. The summed E-state index contributed by atoms with van der Waals surface area (Å²) in [6, 6.07) is 46.7. The summed E-state index contributed by atoms with van der Waals surface area (Å²) >= 11 is 0. The van der Waals surface area contributed by atoms with Crippen LogP contribution in [-0.4, -0.2) is 25.7 Å². The quantitative estimate of drug-likeness (QED) is 0.176. The van der Waals surface area contributed by atoms with Gasteiger partial charge in [0.15, 0.2) is 5.78 Å². The van der Waals surface area contributed by atoms with Crippen LogP contribution in [0.25, 0.3) is 90.0 Å². The molecule has 0 atom stereocenters. The minimum atomic E-state index is -0.130. The molecule has 2 aliphatic heterocycles. The second kappa shape index (κ2) is 11.3. The van der Waals surface area contributed by atoms with Crippen LogP contribution in [0.15, 0.2) is 140 Å². The van der Waals surface area contributed by atoms with E-state index >= 15 is 0 Å². The molecule has 0 spiro atoms. The highest BCUT2D eigenvalue weighted by atomic mass is 16.1. The van der Waals surface area contributed by atoms with Crippen LogP contribution in [0.1, 0.15) is 33.1 Å². The van der Waals surface area contributed by atoms with Gasteiger partial charge in [0.1, 0.15) is 0 Å². The Labute approximate surface area is 293 Å². The molecule has 0 fully saturated rings. The largest absolute Gasteiger partial charge is 0.396 e. The number of hydrogen-bond donors (Lipinski definition) is 3. The van der Waals surface area contributed by atoms with Gasteiger partial charge < -0.3 is 15.7 Å². The van der Waals surface area contributed by atoms with E-state index < -0.39 is 0 Å². The van der Waals surface area contributed by atoms with Gasteiger partial charge in [0.05, 0.1) is 34.0 Å². The molecule has 0 saturated carbocycles. The Hall–Kier alpha value is -7.05. The maximum absolute atomic E-state index is 14.3. The third-order valence-electron chi connectivity index (χ3n) is 9.92. The lowest BCUT2D eigenvalue weighted by atomic mass is 9.84. The molecule has 0 amide bonds. The Balaban J connectivity index is 1.45. The summed E-state index contributed by atoms with van der Waals surface area (Å²) in [4.78, 5) is 32.4. The van der Waals surface area contributed by atoms with Gasteiger partial charge >= 0.3 is 0 Å². The number of carbonyl (C=O) groups excluding carboxylic acids is 1. The van der Waals surface area contributed by atoms with Crippen molar-refractivity contribution in [1.82, 2.24) is 19.9 Å². The topological polar surface area (TPSA) is 100 Å². The van der Waals surface area contributed by atoms with Crippen molar-refractivity contribution in [1.29, 1.82) is 0 Å². The van der Waals surface area contributed by atoms with Crippen LogP contribution in [0, 0.1) is 0 Å². The molecule has 10 rings (SSSR count). The fraction of sp³-hybridized carbons (Fsp3) is 0.